The predicted octanol–water partition coefficient (Wildman–Crippen LogP) is 5.24. The number of benzene rings is 2. The van der Waals surface area contributed by atoms with Crippen LogP contribution < -0.4 is 16.2 Å². The third-order valence-corrected chi connectivity index (χ3v) is 9.97. The minimum atomic E-state index is -4.65. The number of carbonyl (C=O) groups excluding carboxylic acids is 2. The Kier molecular flexibility index (Phi) is 9.46. The van der Waals surface area contributed by atoms with E-state index < -0.39 is 23.2 Å². The van der Waals surface area contributed by atoms with Gasteiger partial charge in [-0.05, 0) is 62.1 Å². The molecule has 2 fully saturated rings. The molecule has 0 radical (unpaired) electrons. The Balaban J connectivity index is 1.28. The molecule has 1 saturated heterocycles. The van der Waals surface area contributed by atoms with Crippen LogP contribution in [0.2, 0.25) is 0 Å². The van der Waals surface area contributed by atoms with E-state index in [2.05, 4.69) is 34.7 Å². The summed E-state index contributed by atoms with van der Waals surface area (Å²) in [5.74, 6) is -0.793. The number of alkyl halides is 3. The van der Waals surface area contributed by atoms with Gasteiger partial charge in [-0.25, -0.2) is 14.2 Å². The number of nitrogens with one attached hydrogen (secondary N) is 2. The van der Waals surface area contributed by atoms with E-state index in [4.69, 9.17) is 6.57 Å². The first-order valence-electron chi connectivity index (χ1n) is 16.7. The molecule has 1 saturated carbocycles. The van der Waals surface area contributed by atoms with Gasteiger partial charge in [0.15, 0.2) is 5.69 Å². The highest BCUT2D eigenvalue weighted by Gasteiger charge is 2.35. The second-order valence-corrected chi connectivity index (χ2v) is 13.9. The molecular weight excluding hydrogens is 649 g/mol. The SMILES string of the molecule is [C-]#[N+]c1ccc(-n2nccc2-c2c(C(=O)NC3CCC(C(=O)NC4CC[N+](C)(C)CC4)CC3)c(=O)n(-c3cccc(C(F)(F)F)c3)n2C)cc1. The summed E-state index contributed by atoms with van der Waals surface area (Å²) in [6.45, 7) is 9.28. The first-order chi connectivity index (χ1) is 23.8. The Labute approximate surface area is 287 Å². The number of amides is 2. The monoisotopic (exact) mass is 689 g/mol. The molecule has 1 aliphatic heterocycles. The van der Waals surface area contributed by atoms with Gasteiger partial charge < -0.3 is 15.1 Å². The molecule has 3 heterocycles. The van der Waals surface area contributed by atoms with Crippen LogP contribution in [0.3, 0.4) is 0 Å². The smallest absolute Gasteiger partial charge is 0.353 e. The molecule has 2 aliphatic rings. The van der Waals surface area contributed by atoms with E-state index in [9.17, 15) is 27.6 Å². The summed E-state index contributed by atoms with van der Waals surface area (Å²) in [5.41, 5.74) is -0.577. The van der Waals surface area contributed by atoms with Crippen LogP contribution in [0.25, 0.3) is 27.6 Å². The zero-order chi connectivity index (χ0) is 35.8. The summed E-state index contributed by atoms with van der Waals surface area (Å²) in [6, 6.07) is 12.4. The lowest BCUT2D eigenvalue weighted by Crippen LogP contribution is -2.52. The van der Waals surface area contributed by atoms with Crippen LogP contribution in [0.5, 0.6) is 0 Å². The molecule has 2 aromatic carbocycles. The summed E-state index contributed by atoms with van der Waals surface area (Å²) in [6.07, 6.45) is 0.946. The largest absolute Gasteiger partial charge is 0.416 e. The van der Waals surface area contributed by atoms with Gasteiger partial charge in [0.05, 0.1) is 62.6 Å². The van der Waals surface area contributed by atoms with E-state index in [1.54, 1.807) is 30.3 Å². The minimum absolute atomic E-state index is 0.0407. The maximum absolute atomic E-state index is 14.1. The first kappa shape index (κ1) is 34.7. The van der Waals surface area contributed by atoms with Crippen molar-refractivity contribution in [2.75, 3.05) is 27.2 Å². The number of quaternary nitrogens is 1. The van der Waals surface area contributed by atoms with Crippen LogP contribution in [-0.2, 0) is 18.0 Å². The number of carbonyl (C=O) groups is 2. The molecular formula is C36H40F3N8O3+. The van der Waals surface area contributed by atoms with E-state index in [0.29, 0.717) is 42.8 Å². The molecule has 2 aromatic heterocycles. The Morgan fingerprint density at radius 3 is 2.22 bits per heavy atom. The Morgan fingerprint density at radius 1 is 0.920 bits per heavy atom. The highest BCUT2D eigenvalue weighted by atomic mass is 19.4. The van der Waals surface area contributed by atoms with Crippen molar-refractivity contribution in [1.82, 2.24) is 29.8 Å². The average Bonchev–Trinajstić information content (AvgIpc) is 3.67. The molecule has 262 valence electrons. The second kappa shape index (κ2) is 13.6. The van der Waals surface area contributed by atoms with Crippen molar-refractivity contribution in [3.63, 3.8) is 0 Å². The fourth-order valence-corrected chi connectivity index (χ4v) is 7.05. The number of hydrogen-bond donors (Lipinski definition) is 2. The summed E-state index contributed by atoms with van der Waals surface area (Å²) in [7, 11) is 5.89. The predicted molar refractivity (Wildman–Crippen MR) is 181 cm³/mol. The fourth-order valence-electron chi connectivity index (χ4n) is 7.05. The number of rotatable bonds is 7. The van der Waals surface area contributed by atoms with Crippen molar-refractivity contribution in [3.8, 4) is 22.8 Å². The fraction of sp³-hybridized carbons (Fsp3) is 0.417. The molecule has 4 aromatic rings. The maximum atomic E-state index is 14.1. The van der Waals surface area contributed by atoms with Crippen LogP contribution in [0.4, 0.5) is 18.9 Å². The first-order valence-corrected chi connectivity index (χ1v) is 16.7. The molecule has 14 heteroatoms. The topological polar surface area (TPSA) is 107 Å². The lowest BCUT2D eigenvalue weighted by Gasteiger charge is -2.38. The van der Waals surface area contributed by atoms with Gasteiger partial charge in [0.2, 0.25) is 5.91 Å². The third kappa shape index (κ3) is 7.09. The van der Waals surface area contributed by atoms with Gasteiger partial charge in [-0.1, -0.05) is 18.2 Å². The van der Waals surface area contributed by atoms with E-state index in [0.717, 1.165) is 47.2 Å². The van der Waals surface area contributed by atoms with Gasteiger partial charge in [-0.3, -0.25) is 19.1 Å². The average molecular weight is 690 g/mol. The number of nitrogens with zero attached hydrogens (tertiary/aromatic N) is 6. The zero-order valence-corrected chi connectivity index (χ0v) is 28.2. The van der Waals surface area contributed by atoms with Gasteiger partial charge in [0, 0.05) is 37.9 Å². The number of piperidine rings is 1. The van der Waals surface area contributed by atoms with Gasteiger partial charge >= 0.3 is 6.18 Å². The number of halogens is 3. The Bertz CT molecular complexity index is 1980. The van der Waals surface area contributed by atoms with Crippen LogP contribution in [-0.4, -0.2) is 74.7 Å². The standard InChI is InChI=1S/C36H39F3N8O3/c1-40-25-12-14-28(15-13-25)45-30(16-19-41-45)32-31(35(50)46(44(32)2)29-7-5-6-24(22-29)36(37,38)39)34(49)43-26-10-8-23(9-11-26)33(48)42-27-17-20-47(3,4)21-18-27/h5-7,12-16,19,22-23,26-27H,8-11,17-18,20-21H2,2-4H3,(H-,42,43,48,49)/p+1. The summed E-state index contributed by atoms with van der Waals surface area (Å²) in [4.78, 5) is 44.7. The molecule has 6 rings (SSSR count). The summed E-state index contributed by atoms with van der Waals surface area (Å²) in [5, 5.41) is 10.6. The van der Waals surface area contributed by atoms with Gasteiger partial charge in [-0.15, -0.1) is 0 Å². The second-order valence-electron chi connectivity index (χ2n) is 13.9. The molecule has 0 bridgehead atoms. The van der Waals surface area contributed by atoms with Crippen LogP contribution in [0.1, 0.15) is 54.4 Å². The molecule has 1 aliphatic carbocycles. The molecule has 2 N–H and O–H groups in total. The highest BCUT2D eigenvalue weighted by molar-refractivity contribution is 6.00. The van der Waals surface area contributed by atoms with Crippen molar-refractivity contribution in [2.24, 2.45) is 13.0 Å². The van der Waals surface area contributed by atoms with E-state index in [1.165, 1.54) is 34.7 Å². The molecule has 2 amide bonds. The normalized spacial score (nSPS) is 19.5. The van der Waals surface area contributed by atoms with E-state index in [-0.39, 0.29) is 40.9 Å². The van der Waals surface area contributed by atoms with Crippen molar-refractivity contribution < 1.29 is 27.2 Å². The summed E-state index contributed by atoms with van der Waals surface area (Å²) >= 11 is 0. The minimum Gasteiger partial charge on any atom is -0.353 e. The lowest BCUT2D eigenvalue weighted by molar-refractivity contribution is -0.895. The van der Waals surface area contributed by atoms with Crippen molar-refractivity contribution in [2.45, 2.75) is 56.8 Å². The molecule has 50 heavy (non-hydrogen) atoms. The van der Waals surface area contributed by atoms with Crippen molar-refractivity contribution in [3.05, 3.63) is 93.7 Å². The molecule has 11 nitrogen and oxygen atoms in total. The van der Waals surface area contributed by atoms with Crippen LogP contribution in [0.15, 0.2) is 65.6 Å². The number of likely N-dealkylation sites (tertiary alicyclic amines) is 1. The highest BCUT2D eigenvalue weighted by Crippen LogP contribution is 2.32. The van der Waals surface area contributed by atoms with Crippen LogP contribution in [0, 0.1) is 12.5 Å². The van der Waals surface area contributed by atoms with E-state index in [1.807, 2.05) is 0 Å². The van der Waals surface area contributed by atoms with Gasteiger partial charge in [0.25, 0.3) is 11.5 Å². The summed E-state index contributed by atoms with van der Waals surface area (Å²) < 4.78 is 45.9. The molecule has 0 spiro atoms. The van der Waals surface area contributed by atoms with Crippen molar-refractivity contribution >= 4 is 17.5 Å². The molecule has 0 unspecified atom stereocenters. The Hall–Kier alpha value is -5.16. The number of hydrogen-bond acceptors (Lipinski definition) is 4. The van der Waals surface area contributed by atoms with E-state index >= 15 is 0 Å². The number of aromatic nitrogens is 4. The van der Waals surface area contributed by atoms with Crippen molar-refractivity contribution in [1.29, 1.82) is 0 Å². The zero-order valence-electron chi connectivity index (χ0n) is 28.2. The van der Waals surface area contributed by atoms with Gasteiger partial charge in [-0.2, -0.15) is 18.3 Å². The maximum Gasteiger partial charge on any atom is 0.416 e. The molecule has 0 atom stereocenters. The Morgan fingerprint density at radius 2 is 1.58 bits per heavy atom. The third-order valence-electron chi connectivity index (χ3n) is 9.97. The lowest BCUT2D eigenvalue weighted by atomic mass is 9.85. The quantitative estimate of drug-likeness (QED) is 0.205. The van der Waals surface area contributed by atoms with Crippen LogP contribution >= 0.6 is 0 Å². The van der Waals surface area contributed by atoms with Gasteiger partial charge in [0.1, 0.15) is 11.3 Å².